The molecular formula is C23H33N5O6S2. The summed E-state index contributed by atoms with van der Waals surface area (Å²) >= 11 is 0. The summed E-state index contributed by atoms with van der Waals surface area (Å²) in [5.74, 6) is -0.986. The van der Waals surface area contributed by atoms with Gasteiger partial charge in [-0.05, 0) is 48.6 Å². The number of aliphatic hydroxyl groups excluding tert-OH is 1. The Morgan fingerprint density at radius 1 is 1.11 bits per heavy atom. The Bertz CT molecular complexity index is 1310. The SMILES string of the molecule is NC(N)=NCCCCS(=O)(=O)C[C@@H]1CCCN1C(=O)[C@@H](CO)NS(=O)(=O)c1ccc2ccccc2c1. The molecule has 3 rings (SSSR count). The molecular weight excluding hydrogens is 506 g/mol. The molecule has 0 bridgehead atoms. The van der Waals surface area contributed by atoms with Gasteiger partial charge >= 0.3 is 0 Å². The molecule has 13 heteroatoms. The Hall–Kier alpha value is -2.74. The highest BCUT2D eigenvalue weighted by atomic mass is 32.2. The van der Waals surface area contributed by atoms with Gasteiger partial charge in [-0.15, -0.1) is 0 Å². The molecule has 0 spiro atoms. The molecule has 1 amide bonds. The number of carbonyl (C=O) groups is 1. The average Bonchev–Trinajstić information content (AvgIpc) is 3.28. The summed E-state index contributed by atoms with van der Waals surface area (Å²) in [6.07, 6.45) is 1.96. The van der Waals surface area contributed by atoms with Crippen LogP contribution >= 0.6 is 0 Å². The van der Waals surface area contributed by atoms with Crippen LogP contribution < -0.4 is 16.2 Å². The van der Waals surface area contributed by atoms with E-state index in [9.17, 15) is 26.7 Å². The molecule has 198 valence electrons. The molecule has 0 radical (unpaired) electrons. The lowest BCUT2D eigenvalue weighted by atomic mass is 10.1. The Morgan fingerprint density at radius 3 is 2.53 bits per heavy atom. The molecule has 1 aliphatic heterocycles. The number of amides is 1. The molecule has 11 nitrogen and oxygen atoms in total. The number of unbranched alkanes of at least 4 members (excludes halogenated alkanes) is 1. The lowest BCUT2D eigenvalue weighted by Crippen LogP contribution is -2.52. The lowest BCUT2D eigenvalue weighted by Gasteiger charge is -2.28. The minimum Gasteiger partial charge on any atom is -0.394 e. The summed E-state index contributed by atoms with van der Waals surface area (Å²) in [5.41, 5.74) is 10.5. The number of nitrogens with two attached hydrogens (primary N) is 2. The highest BCUT2D eigenvalue weighted by molar-refractivity contribution is 7.91. The van der Waals surface area contributed by atoms with E-state index < -0.39 is 44.5 Å². The van der Waals surface area contributed by atoms with E-state index in [1.165, 1.54) is 17.0 Å². The Kier molecular flexibility index (Phi) is 9.28. The predicted molar refractivity (Wildman–Crippen MR) is 138 cm³/mol. The summed E-state index contributed by atoms with van der Waals surface area (Å²) < 4.78 is 53.5. The third-order valence-corrected chi connectivity index (χ3v) is 9.35. The van der Waals surface area contributed by atoms with Gasteiger partial charge in [-0.3, -0.25) is 9.79 Å². The maximum atomic E-state index is 13.2. The molecule has 2 aromatic carbocycles. The van der Waals surface area contributed by atoms with Crippen molar-refractivity contribution < 1.29 is 26.7 Å². The zero-order chi connectivity index (χ0) is 26.3. The van der Waals surface area contributed by atoms with E-state index in [-0.39, 0.29) is 28.9 Å². The van der Waals surface area contributed by atoms with Crippen molar-refractivity contribution in [3.8, 4) is 0 Å². The number of nitrogens with one attached hydrogen (secondary N) is 1. The van der Waals surface area contributed by atoms with Crippen LogP contribution in [0.1, 0.15) is 25.7 Å². The molecule has 1 aliphatic rings. The van der Waals surface area contributed by atoms with Gasteiger partial charge in [0.25, 0.3) is 0 Å². The van der Waals surface area contributed by atoms with Gasteiger partial charge in [0.05, 0.1) is 23.0 Å². The number of guanidine groups is 1. The van der Waals surface area contributed by atoms with Gasteiger partial charge in [0.15, 0.2) is 15.8 Å². The second-order valence-electron chi connectivity index (χ2n) is 8.82. The van der Waals surface area contributed by atoms with Crippen LogP contribution in [0.4, 0.5) is 0 Å². The minimum atomic E-state index is -4.12. The second kappa shape index (κ2) is 12.0. The Balaban J connectivity index is 1.65. The topological polar surface area (TPSA) is 185 Å². The van der Waals surface area contributed by atoms with E-state index in [2.05, 4.69) is 9.71 Å². The first-order chi connectivity index (χ1) is 17.0. The van der Waals surface area contributed by atoms with Crippen LogP contribution in [0.25, 0.3) is 10.8 Å². The number of sulfonamides is 1. The molecule has 0 aromatic heterocycles. The Labute approximate surface area is 211 Å². The first-order valence-electron chi connectivity index (χ1n) is 11.7. The quantitative estimate of drug-likeness (QED) is 0.164. The zero-order valence-electron chi connectivity index (χ0n) is 19.9. The number of nitrogens with zero attached hydrogens (tertiary/aromatic N) is 2. The normalized spacial score (nSPS) is 17.2. The number of sulfone groups is 1. The number of carbonyl (C=O) groups excluding carboxylic acids is 1. The van der Waals surface area contributed by atoms with Crippen LogP contribution in [-0.4, -0.2) is 82.0 Å². The second-order valence-corrected chi connectivity index (χ2v) is 12.8. The predicted octanol–water partition coefficient (Wildman–Crippen LogP) is -0.0616. The smallest absolute Gasteiger partial charge is 0.243 e. The number of likely N-dealkylation sites (tertiary alicyclic amines) is 1. The van der Waals surface area contributed by atoms with Crippen LogP contribution in [0.5, 0.6) is 0 Å². The highest BCUT2D eigenvalue weighted by Crippen LogP contribution is 2.22. The molecule has 1 fully saturated rings. The van der Waals surface area contributed by atoms with Gasteiger partial charge in [-0.25, -0.2) is 16.8 Å². The van der Waals surface area contributed by atoms with Crippen molar-refractivity contribution in [1.82, 2.24) is 9.62 Å². The fourth-order valence-electron chi connectivity index (χ4n) is 4.27. The van der Waals surface area contributed by atoms with Gasteiger partial charge < -0.3 is 21.5 Å². The summed E-state index contributed by atoms with van der Waals surface area (Å²) in [6.45, 7) is -0.133. The summed E-state index contributed by atoms with van der Waals surface area (Å²) in [7, 11) is -7.59. The van der Waals surface area contributed by atoms with Gasteiger partial charge in [-0.1, -0.05) is 30.3 Å². The van der Waals surface area contributed by atoms with Crippen molar-refractivity contribution >= 4 is 42.5 Å². The summed E-state index contributed by atoms with van der Waals surface area (Å²) in [4.78, 5) is 18.3. The van der Waals surface area contributed by atoms with Crippen molar-refractivity contribution in [2.45, 2.75) is 42.7 Å². The highest BCUT2D eigenvalue weighted by Gasteiger charge is 2.37. The summed E-state index contributed by atoms with van der Waals surface area (Å²) in [6, 6.07) is 9.84. The van der Waals surface area contributed by atoms with E-state index in [4.69, 9.17) is 11.5 Å². The number of rotatable bonds is 12. The van der Waals surface area contributed by atoms with Crippen molar-refractivity contribution in [3.05, 3.63) is 42.5 Å². The molecule has 1 heterocycles. The molecule has 1 saturated heterocycles. The van der Waals surface area contributed by atoms with Gasteiger partial charge in [-0.2, -0.15) is 4.72 Å². The summed E-state index contributed by atoms with van der Waals surface area (Å²) in [5, 5.41) is 11.4. The van der Waals surface area contributed by atoms with Crippen molar-refractivity contribution in [2.75, 3.05) is 31.2 Å². The number of benzene rings is 2. The van der Waals surface area contributed by atoms with E-state index in [0.717, 1.165) is 10.8 Å². The lowest BCUT2D eigenvalue weighted by molar-refractivity contribution is -0.134. The maximum absolute atomic E-state index is 13.2. The van der Waals surface area contributed by atoms with Crippen LogP contribution in [0.3, 0.4) is 0 Å². The number of hydrogen-bond donors (Lipinski definition) is 4. The standard InChI is InChI=1S/C23H33N5O6S2/c24-23(25)26-11-3-4-13-35(31,32)16-19-8-5-12-28(19)22(30)21(15-29)27-36(33,34)20-10-9-17-6-1-2-7-18(17)14-20/h1-2,6-7,9-10,14,19,21,27,29H,3-5,8,11-13,15-16H2,(H4,24,25,26)/t19-,21+/m0/s1. The molecule has 0 aliphatic carbocycles. The van der Waals surface area contributed by atoms with Crippen molar-refractivity contribution in [2.24, 2.45) is 16.5 Å². The zero-order valence-corrected chi connectivity index (χ0v) is 21.5. The molecule has 36 heavy (non-hydrogen) atoms. The van der Waals surface area contributed by atoms with E-state index >= 15 is 0 Å². The van der Waals surface area contributed by atoms with E-state index in [1.807, 2.05) is 12.1 Å². The molecule has 2 atom stereocenters. The van der Waals surface area contributed by atoms with Crippen LogP contribution in [0, 0.1) is 0 Å². The molecule has 0 unspecified atom stereocenters. The largest absolute Gasteiger partial charge is 0.394 e. The fourth-order valence-corrected chi connectivity index (χ4v) is 7.23. The number of fused-ring (bicyclic) bond motifs is 1. The van der Waals surface area contributed by atoms with Crippen LogP contribution in [0.15, 0.2) is 52.4 Å². The Morgan fingerprint density at radius 2 is 1.83 bits per heavy atom. The molecule has 0 saturated carbocycles. The number of aliphatic imine (C=N–C) groups is 1. The average molecular weight is 540 g/mol. The van der Waals surface area contributed by atoms with Gasteiger partial charge in [0, 0.05) is 19.1 Å². The number of aliphatic hydroxyl groups is 1. The minimum absolute atomic E-state index is 0.0336. The maximum Gasteiger partial charge on any atom is 0.243 e. The number of hydrogen-bond acceptors (Lipinski definition) is 7. The van der Waals surface area contributed by atoms with Crippen molar-refractivity contribution in [3.63, 3.8) is 0 Å². The van der Waals surface area contributed by atoms with Crippen LogP contribution in [-0.2, 0) is 24.7 Å². The van der Waals surface area contributed by atoms with Crippen LogP contribution in [0.2, 0.25) is 0 Å². The third-order valence-electron chi connectivity index (χ3n) is 6.07. The monoisotopic (exact) mass is 539 g/mol. The van der Waals surface area contributed by atoms with Crippen molar-refractivity contribution in [1.29, 1.82) is 0 Å². The van der Waals surface area contributed by atoms with E-state index in [1.54, 1.807) is 18.2 Å². The third kappa shape index (κ3) is 7.38. The first-order valence-corrected chi connectivity index (χ1v) is 15.0. The fraction of sp³-hybridized carbons (Fsp3) is 0.478. The van der Waals surface area contributed by atoms with Gasteiger partial charge in [0.1, 0.15) is 6.04 Å². The van der Waals surface area contributed by atoms with Gasteiger partial charge in [0.2, 0.25) is 15.9 Å². The first kappa shape index (κ1) is 27.8. The molecule has 6 N–H and O–H groups in total. The molecule has 2 aromatic rings. The van der Waals surface area contributed by atoms with E-state index in [0.29, 0.717) is 32.2 Å².